The van der Waals surface area contributed by atoms with Crippen molar-refractivity contribution in [2.75, 3.05) is 0 Å². The van der Waals surface area contributed by atoms with E-state index in [1.54, 1.807) is 6.92 Å². The van der Waals surface area contributed by atoms with E-state index in [0.717, 1.165) is 0 Å². The lowest BCUT2D eigenvalue weighted by molar-refractivity contribution is -0.123. The Morgan fingerprint density at radius 3 is 2.88 bits per heavy atom. The van der Waals surface area contributed by atoms with Crippen LogP contribution in [0.5, 0.6) is 5.75 Å². The maximum absolute atomic E-state index is 13.8. The Hall–Kier alpha value is -1.91. The van der Waals surface area contributed by atoms with Crippen LogP contribution in [0.25, 0.3) is 0 Å². The predicted octanol–water partition coefficient (Wildman–Crippen LogP) is 1.05. The van der Waals surface area contributed by atoms with Gasteiger partial charge in [0.25, 0.3) is 6.47 Å². The SMILES string of the molecule is CC1(C(N)=O)CCc2c(OC=O)ccc(F)c21. The number of amides is 1. The highest BCUT2D eigenvalue weighted by atomic mass is 19.1. The van der Waals surface area contributed by atoms with Gasteiger partial charge < -0.3 is 10.5 Å². The average Bonchev–Trinajstić information content (AvgIpc) is 2.64. The molecule has 90 valence electrons. The number of fused-ring (bicyclic) bond motifs is 1. The Morgan fingerprint density at radius 2 is 2.29 bits per heavy atom. The minimum atomic E-state index is -1.03. The molecule has 0 bridgehead atoms. The Balaban J connectivity index is 2.63. The molecule has 0 aliphatic heterocycles. The molecule has 4 nitrogen and oxygen atoms in total. The molecule has 1 atom stereocenters. The van der Waals surface area contributed by atoms with Gasteiger partial charge in [-0.05, 0) is 31.9 Å². The molecule has 17 heavy (non-hydrogen) atoms. The maximum atomic E-state index is 13.8. The Labute approximate surface area is 97.6 Å². The van der Waals surface area contributed by atoms with E-state index in [2.05, 4.69) is 0 Å². The summed E-state index contributed by atoms with van der Waals surface area (Å²) in [4.78, 5) is 21.8. The van der Waals surface area contributed by atoms with Gasteiger partial charge in [-0.3, -0.25) is 9.59 Å². The molecular formula is C12H12FNO3. The molecule has 0 aromatic heterocycles. The lowest BCUT2D eigenvalue weighted by Gasteiger charge is -2.21. The van der Waals surface area contributed by atoms with Crippen LogP contribution < -0.4 is 10.5 Å². The molecule has 0 spiro atoms. The quantitative estimate of drug-likeness (QED) is 0.799. The van der Waals surface area contributed by atoms with Crippen LogP contribution in [-0.4, -0.2) is 12.4 Å². The zero-order valence-electron chi connectivity index (χ0n) is 9.33. The summed E-state index contributed by atoms with van der Waals surface area (Å²) in [5, 5.41) is 0. The van der Waals surface area contributed by atoms with Crippen molar-refractivity contribution in [2.24, 2.45) is 5.73 Å². The van der Waals surface area contributed by atoms with E-state index in [4.69, 9.17) is 10.5 Å². The summed E-state index contributed by atoms with van der Waals surface area (Å²) in [6.45, 7) is 1.89. The summed E-state index contributed by atoms with van der Waals surface area (Å²) < 4.78 is 18.6. The van der Waals surface area contributed by atoms with Crippen molar-refractivity contribution < 1.29 is 18.7 Å². The average molecular weight is 237 g/mol. The summed E-state index contributed by atoms with van der Waals surface area (Å²) in [5.41, 5.74) is 5.11. The van der Waals surface area contributed by atoms with E-state index in [-0.39, 0.29) is 12.0 Å². The molecule has 1 aromatic rings. The normalized spacial score (nSPS) is 22.0. The van der Waals surface area contributed by atoms with Gasteiger partial charge in [0, 0.05) is 11.1 Å². The van der Waals surface area contributed by atoms with Crippen LogP contribution in [0, 0.1) is 5.82 Å². The van der Waals surface area contributed by atoms with Crippen molar-refractivity contribution >= 4 is 12.4 Å². The van der Waals surface area contributed by atoms with Crippen LogP contribution in [0.15, 0.2) is 12.1 Å². The molecular weight excluding hydrogens is 225 g/mol. The summed E-state index contributed by atoms with van der Waals surface area (Å²) in [6, 6.07) is 2.57. The van der Waals surface area contributed by atoms with E-state index in [1.807, 2.05) is 0 Å². The third kappa shape index (κ3) is 1.58. The van der Waals surface area contributed by atoms with Crippen LogP contribution in [-0.2, 0) is 21.4 Å². The third-order valence-corrected chi connectivity index (χ3v) is 3.36. The van der Waals surface area contributed by atoms with Gasteiger partial charge in [0.15, 0.2) is 0 Å². The zero-order chi connectivity index (χ0) is 12.6. The summed E-state index contributed by atoms with van der Waals surface area (Å²) in [5.74, 6) is -0.767. The standard InChI is InChI=1S/C12H12FNO3/c1-12(11(14)16)5-4-7-9(17-6-15)3-2-8(13)10(7)12/h2-3,6H,4-5H2,1H3,(H2,14,16). The molecule has 1 aromatic carbocycles. The molecule has 1 unspecified atom stereocenters. The molecule has 2 rings (SSSR count). The highest BCUT2D eigenvalue weighted by Crippen LogP contribution is 2.43. The second-order valence-electron chi connectivity index (χ2n) is 4.31. The zero-order valence-corrected chi connectivity index (χ0v) is 9.33. The number of halogens is 1. The highest BCUT2D eigenvalue weighted by Gasteiger charge is 2.43. The Morgan fingerprint density at radius 1 is 1.59 bits per heavy atom. The minimum Gasteiger partial charge on any atom is -0.428 e. The Bertz CT molecular complexity index is 501. The van der Waals surface area contributed by atoms with Crippen molar-refractivity contribution in [1.29, 1.82) is 0 Å². The van der Waals surface area contributed by atoms with Crippen LogP contribution in [0.2, 0.25) is 0 Å². The van der Waals surface area contributed by atoms with E-state index in [1.165, 1.54) is 12.1 Å². The monoisotopic (exact) mass is 237 g/mol. The van der Waals surface area contributed by atoms with Gasteiger partial charge >= 0.3 is 0 Å². The largest absolute Gasteiger partial charge is 0.428 e. The number of ether oxygens (including phenoxy) is 1. The molecule has 1 aliphatic carbocycles. The first-order valence-corrected chi connectivity index (χ1v) is 5.23. The molecule has 0 fully saturated rings. The van der Waals surface area contributed by atoms with Crippen molar-refractivity contribution in [2.45, 2.75) is 25.2 Å². The van der Waals surface area contributed by atoms with Gasteiger partial charge in [-0.25, -0.2) is 4.39 Å². The van der Waals surface area contributed by atoms with Crippen molar-refractivity contribution in [3.8, 4) is 5.75 Å². The molecule has 5 heteroatoms. The number of carbonyl (C=O) groups excluding carboxylic acids is 2. The fraction of sp³-hybridized carbons (Fsp3) is 0.333. The van der Waals surface area contributed by atoms with Crippen LogP contribution in [0.3, 0.4) is 0 Å². The first-order chi connectivity index (χ1) is 8.00. The van der Waals surface area contributed by atoms with Crippen LogP contribution in [0.4, 0.5) is 4.39 Å². The number of carbonyl (C=O) groups is 2. The minimum absolute atomic E-state index is 0.254. The molecule has 2 N–H and O–H groups in total. The molecule has 1 amide bonds. The number of rotatable bonds is 3. The maximum Gasteiger partial charge on any atom is 0.298 e. The summed E-state index contributed by atoms with van der Waals surface area (Å²) >= 11 is 0. The predicted molar refractivity (Wildman–Crippen MR) is 58.0 cm³/mol. The number of nitrogens with two attached hydrogens (primary N) is 1. The van der Waals surface area contributed by atoms with Crippen molar-refractivity contribution in [3.63, 3.8) is 0 Å². The molecule has 0 saturated carbocycles. The van der Waals surface area contributed by atoms with Crippen LogP contribution >= 0.6 is 0 Å². The lowest BCUT2D eigenvalue weighted by atomic mass is 9.83. The van der Waals surface area contributed by atoms with Gasteiger partial charge in [0.05, 0.1) is 5.41 Å². The Kier molecular flexibility index (Phi) is 2.61. The van der Waals surface area contributed by atoms with Crippen molar-refractivity contribution in [3.05, 3.63) is 29.1 Å². The van der Waals surface area contributed by atoms with Crippen LogP contribution in [0.1, 0.15) is 24.5 Å². The van der Waals surface area contributed by atoms with Gasteiger partial charge in [0.1, 0.15) is 11.6 Å². The first-order valence-electron chi connectivity index (χ1n) is 5.23. The fourth-order valence-electron chi connectivity index (χ4n) is 2.35. The van der Waals surface area contributed by atoms with Gasteiger partial charge in [-0.15, -0.1) is 0 Å². The van der Waals surface area contributed by atoms with E-state index < -0.39 is 17.1 Å². The smallest absolute Gasteiger partial charge is 0.298 e. The lowest BCUT2D eigenvalue weighted by Crippen LogP contribution is -2.37. The van der Waals surface area contributed by atoms with E-state index in [9.17, 15) is 14.0 Å². The summed E-state index contributed by atoms with van der Waals surface area (Å²) in [6.07, 6.45) is 0.892. The number of benzene rings is 1. The number of hydrogen-bond acceptors (Lipinski definition) is 3. The number of hydrogen-bond donors (Lipinski definition) is 1. The molecule has 0 radical (unpaired) electrons. The molecule has 0 heterocycles. The molecule has 1 aliphatic rings. The summed E-state index contributed by atoms with van der Waals surface area (Å²) in [7, 11) is 0. The second-order valence-corrected chi connectivity index (χ2v) is 4.31. The van der Waals surface area contributed by atoms with E-state index in [0.29, 0.717) is 24.2 Å². The fourth-order valence-corrected chi connectivity index (χ4v) is 2.35. The second kappa shape index (κ2) is 3.84. The van der Waals surface area contributed by atoms with Gasteiger partial charge in [-0.1, -0.05) is 0 Å². The van der Waals surface area contributed by atoms with Crippen molar-refractivity contribution in [1.82, 2.24) is 0 Å². The van der Waals surface area contributed by atoms with Gasteiger partial charge in [0.2, 0.25) is 5.91 Å². The number of primary amides is 1. The topological polar surface area (TPSA) is 69.4 Å². The first kappa shape index (κ1) is 11.6. The molecule has 0 saturated heterocycles. The third-order valence-electron chi connectivity index (χ3n) is 3.36. The van der Waals surface area contributed by atoms with E-state index >= 15 is 0 Å². The highest BCUT2D eigenvalue weighted by molar-refractivity contribution is 5.88. The van der Waals surface area contributed by atoms with Gasteiger partial charge in [-0.2, -0.15) is 0 Å².